The van der Waals surface area contributed by atoms with E-state index in [9.17, 15) is 17.8 Å². The molecule has 0 spiro atoms. The van der Waals surface area contributed by atoms with Crippen molar-refractivity contribution in [1.82, 2.24) is 0 Å². The first-order valence-corrected chi connectivity index (χ1v) is 16.5. The minimum absolute atomic E-state index is 0.162. The van der Waals surface area contributed by atoms with Crippen molar-refractivity contribution in [2.24, 2.45) is 0 Å². The highest BCUT2D eigenvalue weighted by molar-refractivity contribution is 7.80. The largest absolute Gasteiger partial charge is 0.481 e. The Morgan fingerprint density at radius 1 is 0.953 bits per heavy atom. The molecule has 0 aliphatic carbocycles. The monoisotopic (exact) mass is 625 g/mol. The summed E-state index contributed by atoms with van der Waals surface area (Å²) in [5.74, 6) is -0.780. The molecule has 0 saturated carbocycles. The van der Waals surface area contributed by atoms with Crippen LogP contribution in [0.3, 0.4) is 0 Å². The Labute approximate surface area is 259 Å². The van der Waals surface area contributed by atoms with Crippen LogP contribution in [0.2, 0.25) is 0 Å². The molecule has 10 heteroatoms. The van der Waals surface area contributed by atoms with Crippen LogP contribution in [0.1, 0.15) is 64.5 Å². The first-order valence-electron chi connectivity index (χ1n) is 14.3. The summed E-state index contributed by atoms with van der Waals surface area (Å²) in [4.78, 5) is 14.2. The third-order valence-corrected chi connectivity index (χ3v) is 10.0. The number of carboxylic acids is 1. The van der Waals surface area contributed by atoms with Gasteiger partial charge >= 0.3 is 5.97 Å². The quantitative estimate of drug-likeness (QED) is 0.122. The lowest BCUT2D eigenvalue weighted by Gasteiger charge is -2.27. The van der Waals surface area contributed by atoms with Crippen molar-refractivity contribution in [2.75, 3.05) is 25.6 Å². The van der Waals surface area contributed by atoms with Crippen molar-refractivity contribution in [1.29, 1.82) is 0 Å². The van der Waals surface area contributed by atoms with Crippen LogP contribution in [0.25, 0.3) is 0 Å². The molecule has 2 heterocycles. The van der Waals surface area contributed by atoms with E-state index in [1.165, 1.54) is 7.11 Å². The fraction of sp³-hybridized carbons (Fsp3) is 0.394. The lowest BCUT2D eigenvalue weighted by Crippen LogP contribution is -2.27. The second-order valence-corrected chi connectivity index (χ2v) is 14.1. The minimum atomic E-state index is -2.07. The van der Waals surface area contributed by atoms with Crippen molar-refractivity contribution in [3.05, 3.63) is 83.6 Å². The van der Waals surface area contributed by atoms with Crippen LogP contribution in [0.4, 0.5) is 11.4 Å². The van der Waals surface area contributed by atoms with Crippen LogP contribution in [-0.4, -0.2) is 55.0 Å². The van der Waals surface area contributed by atoms with Crippen LogP contribution >= 0.6 is 0 Å². The molecular formula is C33H41N2O6S2+. The summed E-state index contributed by atoms with van der Waals surface area (Å²) in [6.45, 7) is 9.26. The molecule has 2 atom stereocenters. The molecule has 0 aromatic heterocycles. The first-order chi connectivity index (χ1) is 20.3. The van der Waals surface area contributed by atoms with Crippen LogP contribution in [0, 0.1) is 0 Å². The molecule has 2 aromatic rings. The van der Waals surface area contributed by atoms with Gasteiger partial charge in [0.15, 0.2) is 27.9 Å². The van der Waals surface area contributed by atoms with Gasteiger partial charge in [-0.15, -0.1) is 0 Å². The molecule has 2 aromatic carbocycles. The van der Waals surface area contributed by atoms with Gasteiger partial charge in [0.25, 0.3) is 0 Å². The minimum Gasteiger partial charge on any atom is -0.481 e. The molecule has 2 unspecified atom stereocenters. The summed E-state index contributed by atoms with van der Waals surface area (Å²) in [7, 11) is 3.47. The van der Waals surface area contributed by atoms with E-state index in [-0.39, 0.29) is 11.8 Å². The summed E-state index contributed by atoms with van der Waals surface area (Å²) in [5, 5.41) is 8.98. The number of fused-ring (bicyclic) bond motifs is 2. The van der Waals surface area contributed by atoms with Crippen LogP contribution in [-0.2, 0) is 42.0 Å². The van der Waals surface area contributed by atoms with Gasteiger partial charge in [-0.3, -0.25) is 8.98 Å². The third-order valence-electron chi connectivity index (χ3n) is 8.42. The van der Waals surface area contributed by atoms with Crippen LogP contribution in [0.15, 0.2) is 82.3 Å². The summed E-state index contributed by atoms with van der Waals surface area (Å²) in [5.41, 5.74) is 5.65. The van der Waals surface area contributed by atoms with Crippen molar-refractivity contribution in [3.63, 3.8) is 0 Å². The van der Waals surface area contributed by atoms with Gasteiger partial charge in [0.1, 0.15) is 7.05 Å². The van der Waals surface area contributed by atoms with E-state index in [1.54, 1.807) is 6.07 Å². The van der Waals surface area contributed by atoms with E-state index in [0.29, 0.717) is 16.2 Å². The molecule has 2 aliphatic rings. The highest BCUT2D eigenvalue weighted by atomic mass is 32.2. The van der Waals surface area contributed by atoms with Crippen molar-refractivity contribution < 1.29 is 31.6 Å². The van der Waals surface area contributed by atoms with Gasteiger partial charge in [-0.1, -0.05) is 38.5 Å². The third kappa shape index (κ3) is 6.67. The maximum absolute atomic E-state index is 12.2. The summed E-state index contributed by atoms with van der Waals surface area (Å²) >= 11 is -3.57. The predicted molar refractivity (Wildman–Crippen MR) is 172 cm³/mol. The number of allylic oxidation sites excluding steroid dienone is 6. The average Bonchev–Trinajstić information content (AvgIpc) is 3.29. The Morgan fingerprint density at radius 2 is 1.65 bits per heavy atom. The number of rotatable bonds is 12. The molecule has 8 nitrogen and oxygen atoms in total. The van der Waals surface area contributed by atoms with Gasteiger partial charge in [0, 0.05) is 47.5 Å². The SMILES string of the molecule is COS(=O)c1ccc2c(c1)C(C)(C)C(/C=C/C=C/C=C1/N(CCCCCC(=O)O)c3ccc(S(=O)O)cc3C1(C)C)=[N+]2C. The van der Waals surface area contributed by atoms with Gasteiger partial charge in [0.2, 0.25) is 5.69 Å². The second kappa shape index (κ2) is 13.2. The van der Waals surface area contributed by atoms with Crippen molar-refractivity contribution >= 4 is 45.2 Å². The van der Waals surface area contributed by atoms with Gasteiger partial charge in [-0.05, 0) is 68.7 Å². The van der Waals surface area contributed by atoms with E-state index < -0.39 is 33.5 Å². The van der Waals surface area contributed by atoms with Crippen LogP contribution in [0.5, 0.6) is 0 Å². The summed E-state index contributed by atoms with van der Waals surface area (Å²) < 4.78 is 40.9. The second-order valence-electron chi connectivity index (χ2n) is 11.9. The highest BCUT2D eigenvalue weighted by Crippen LogP contribution is 2.48. The summed E-state index contributed by atoms with van der Waals surface area (Å²) in [6.07, 6.45) is 12.6. The number of benzene rings is 2. The van der Waals surface area contributed by atoms with Crippen molar-refractivity contribution in [2.45, 2.75) is 74.0 Å². The molecule has 2 N–H and O–H groups in total. The van der Waals surface area contributed by atoms with Gasteiger partial charge in [-0.25, -0.2) is 8.42 Å². The lowest BCUT2D eigenvalue weighted by atomic mass is 9.81. The van der Waals surface area contributed by atoms with E-state index in [1.807, 2.05) is 55.6 Å². The van der Waals surface area contributed by atoms with E-state index in [4.69, 9.17) is 9.29 Å². The number of nitrogens with zero attached hydrogens (tertiary/aromatic N) is 2. The predicted octanol–water partition coefficient (Wildman–Crippen LogP) is 6.38. The van der Waals surface area contributed by atoms with Gasteiger partial charge < -0.3 is 14.6 Å². The molecule has 43 heavy (non-hydrogen) atoms. The number of carbonyl (C=O) groups is 1. The highest BCUT2D eigenvalue weighted by Gasteiger charge is 2.43. The molecule has 0 radical (unpaired) electrons. The van der Waals surface area contributed by atoms with Crippen LogP contribution < -0.4 is 4.90 Å². The first kappa shape index (κ1) is 32.7. The molecular weight excluding hydrogens is 585 g/mol. The number of carboxylic acid groups (broad SMARTS) is 1. The standard InChI is InChI=1S/C33H40N2O6S2/c1-32(2)25-22-24(43(40)41-6)17-18-27(25)34(5)29(32)13-9-7-10-14-30-33(3,4)26-21-23(42(38)39)16-19-28(26)35(30)20-12-8-11-15-31(36)37/h7,9-10,13-14,16-19,21-22H,8,11-12,15,20H2,1-6H3,(H-,36,37,38,39)/p+1. The average molecular weight is 626 g/mol. The number of hydrogen-bond donors (Lipinski definition) is 2. The number of unbranched alkanes of at least 4 members (excludes halogenated alkanes) is 2. The number of aliphatic carboxylic acids is 1. The zero-order chi connectivity index (χ0) is 31.5. The van der Waals surface area contributed by atoms with Crippen molar-refractivity contribution in [3.8, 4) is 0 Å². The van der Waals surface area contributed by atoms with Gasteiger partial charge in [0.05, 0.1) is 22.3 Å². The Kier molecular flexibility index (Phi) is 10.1. The topological polar surface area (TPSA) is 107 Å². The maximum atomic E-state index is 12.2. The molecule has 0 amide bonds. The Hall–Kier alpha value is -3.18. The fourth-order valence-corrected chi connectivity index (χ4v) is 7.09. The zero-order valence-electron chi connectivity index (χ0n) is 25.6. The lowest BCUT2D eigenvalue weighted by molar-refractivity contribution is -0.401. The Morgan fingerprint density at radius 3 is 2.33 bits per heavy atom. The summed E-state index contributed by atoms with van der Waals surface area (Å²) in [6, 6.07) is 11.2. The number of hydrogen-bond acceptors (Lipinski definition) is 5. The smallest absolute Gasteiger partial charge is 0.303 e. The van der Waals surface area contributed by atoms with Gasteiger partial charge in [-0.2, -0.15) is 4.58 Å². The Bertz CT molecular complexity index is 1590. The maximum Gasteiger partial charge on any atom is 0.303 e. The van der Waals surface area contributed by atoms with E-state index >= 15 is 0 Å². The Balaban J connectivity index is 1.58. The molecule has 4 rings (SSSR count). The molecule has 0 fully saturated rings. The molecule has 0 bridgehead atoms. The number of anilines is 1. The zero-order valence-corrected chi connectivity index (χ0v) is 27.3. The normalized spacial score (nSPS) is 19.4. The fourth-order valence-electron chi connectivity index (χ4n) is 6.10. The molecule has 2 aliphatic heterocycles. The van der Waals surface area contributed by atoms with E-state index in [0.717, 1.165) is 53.3 Å². The van der Waals surface area contributed by atoms with E-state index in [2.05, 4.69) is 49.3 Å². The molecule has 0 saturated heterocycles. The molecule has 230 valence electrons.